The van der Waals surface area contributed by atoms with E-state index in [4.69, 9.17) is 14.0 Å². The number of nitrogens with zero attached hydrogens (tertiary/aromatic N) is 4. The van der Waals surface area contributed by atoms with Gasteiger partial charge in [0.15, 0.2) is 0 Å². The van der Waals surface area contributed by atoms with Crippen LogP contribution in [0.4, 0.5) is 10.1 Å². The highest BCUT2D eigenvalue weighted by Gasteiger charge is 2.53. The Bertz CT molecular complexity index is 2440. The first-order valence-electron chi connectivity index (χ1n) is 22.5. The number of amides is 3. The van der Waals surface area contributed by atoms with Crippen LogP contribution in [0.5, 0.6) is 5.75 Å². The molecule has 9 rings (SSSR count). The third kappa shape index (κ3) is 8.90. The van der Waals surface area contributed by atoms with Crippen molar-refractivity contribution >= 4 is 58.3 Å². The number of nitrogens with one attached hydrogen (secondary N) is 2. The van der Waals surface area contributed by atoms with Crippen molar-refractivity contribution in [1.29, 1.82) is 0 Å². The summed E-state index contributed by atoms with van der Waals surface area (Å²) in [5.41, 5.74) is 2.31. The zero-order valence-corrected chi connectivity index (χ0v) is 38.1. The maximum absolute atomic E-state index is 16.6. The zero-order valence-electron chi connectivity index (χ0n) is 36.4. The molecule has 9 atom stereocenters. The molecule has 4 aromatic rings. The maximum Gasteiger partial charge on any atom is 0.355 e. The van der Waals surface area contributed by atoms with Gasteiger partial charge in [-0.25, -0.2) is 9.48 Å². The number of pyridine rings is 1. The van der Waals surface area contributed by atoms with Crippen molar-refractivity contribution < 1.29 is 42.1 Å². The number of aromatic nitrogens is 1. The van der Waals surface area contributed by atoms with E-state index < -0.39 is 43.4 Å². The fourth-order valence-corrected chi connectivity index (χ4v) is 12.8. The van der Waals surface area contributed by atoms with Crippen LogP contribution in [-0.4, -0.2) is 109 Å². The average Bonchev–Trinajstić information content (AvgIpc) is 3.61. The molecule has 2 aromatic carbocycles. The second kappa shape index (κ2) is 18.5. The Morgan fingerprint density at radius 3 is 2.56 bits per heavy atom. The Morgan fingerprint density at radius 1 is 1.02 bits per heavy atom. The number of anilines is 1. The predicted molar refractivity (Wildman–Crippen MR) is 241 cm³/mol. The number of carbonyl (C=O) groups is 4. The molecule has 14 nitrogen and oxygen atoms in total. The van der Waals surface area contributed by atoms with Gasteiger partial charge in [-0.15, -0.1) is 11.3 Å². The molecule has 1 saturated carbocycles. The van der Waals surface area contributed by atoms with Crippen molar-refractivity contribution in [2.75, 3.05) is 44.9 Å². The largest absolute Gasteiger partial charge is 0.465 e. The molecular weight excluding hydrogens is 859 g/mol. The van der Waals surface area contributed by atoms with E-state index in [0.717, 1.165) is 43.5 Å². The number of carbonyl (C=O) groups excluding carboxylic acids is 4. The topological polar surface area (TPSA) is 160 Å². The highest BCUT2D eigenvalue weighted by molar-refractivity contribution is 7.57. The third-order valence-electron chi connectivity index (χ3n) is 13.6. The van der Waals surface area contributed by atoms with E-state index in [2.05, 4.69) is 26.4 Å². The van der Waals surface area contributed by atoms with Crippen LogP contribution in [0.1, 0.15) is 91.4 Å². The smallest absolute Gasteiger partial charge is 0.355 e. The van der Waals surface area contributed by atoms with Gasteiger partial charge in [0.05, 0.1) is 24.1 Å². The minimum absolute atomic E-state index is 0.0326. The number of fused-ring (bicyclic) bond motifs is 3. The second-order valence-corrected chi connectivity index (χ2v) is 21.1. The van der Waals surface area contributed by atoms with E-state index in [-0.39, 0.29) is 41.7 Å². The molecule has 0 bridgehead atoms. The standard InChI is InChI=1S/C47H56FN6O8PS/c1-4-18-61-47(58)28(2)51-63(59,62-36-8-6-5-7-9-36)43(48)29-10-13-41-32(19-29)23-42(64-41)44(55)50-38-22-31-20-30(31)21-34-11-12-40(54(34)45(38)56)46(57)52-25-33(26-52)37-24-49-16-14-39(37)53-17-15-35(53)27-60-3/h5-10,13-14,16,19,23-24,28,30-31,33-35,38,40,43H,4,11-12,15,17-18,20-22,25-27H2,1-3H3,(H,50,55)(H,51,59)/t28-,30+,31-,34+,35-,38-,40-,43-,63?/m0/s1. The van der Waals surface area contributed by atoms with Crippen LogP contribution in [-0.2, 0) is 28.4 Å². The number of hydrogen-bond donors (Lipinski definition) is 2. The number of halogens is 1. The molecular formula is C47H56FN6O8PS. The van der Waals surface area contributed by atoms with E-state index >= 15 is 4.39 Å². The van der Waals surface area contributed by atoms with E-state index in [0.29, 0.717) is 71.8 Å². The quantitative estimate of drug-likeness (QED) is 0.0865. The van der Waals surface area contributed by atoms with Crippen LogP contribution >= 0.6 is 18.9 Å². The number of para-hydroxylation sites is 1. The molecule has 17 heteroatoms. The number of thiophene rings is 1. The van der Waals surface area contributed by atoms with Gasteiger partial charge in [-0.2, -0.15) is 0 Å². The summed E-state index contributed by atoms with van der Waals surface area (Å²) < 4.78 is 48.1. The Balaban J connectivity index is 0.884. The fraction of sp³-hybridized carbons (Fsp3) is 0.511. The Morgan fingerprint density at radius 2 is 1.81 bits per heavy atom. The number of likely N-dealkylation sites (tertiary alicyclic amines) is 1. The molecule has 5 aliphatic rings. The highest BCUT2D eigenvalue weighted by Crippen LogP contribution is 2.58. The fourth-order valence-electron chi connectivity index (χ4n) is 9.97. The number of hydrogen-bond acceptors (Lipinski definition) is 11. The number of methoxy groups -OCH3 is 1. The van der Waals surface area contributed by atoms with Crippen LogP contribution in [0, 0.1) is 11.8 Å². The van der Waals surface area contributed by atoms with Gasteiger partial charge < -0.3 is 34.0 Å². The second-order valence-electron chi connectivity index (χ2n) is 18.0. The van der Waals surface area contributed by atoms with Gasteiger partial charge in [-0.05, 0) is 111 Å². The lowest BCUT2D eigenvalue weighted by molar-refractivity contribution is -0.149. The SMILES string of the molecule is CCCOC(=O)[C@H](C)NP(=O)(Oc1ccccc1)[C@H](F)c1ccc2sc(C(=O)N[C@H]3C[C@@H]4C[C@@H]4C[C@H]4CC[C@@H](C(=O)N5CC(c6cnccc6N6CC[C@H]6COC)C5)N4C3=O)cc2c1. The van der Waals surface area contributed by atoms with Crippen molar-refractivity contribution in [2.24, 2.45) is 11.8 Å². The summed E-state index contributed by atoms with van der Waals surface area (Å²) in [4.78, 5) is 66.3. The predicted octanol–water partition coefficient (Wildman–Crippen LogP) is 7.21. The van der Waals surface area contributed by atoms with Gasteiger partial charge in [0.25, 0.3) is 5.91 Å². The molecule has 2 N–H and O–H groups in total. The van der Waals surface area contributed by atoms with Crippen molar-refractivity contribution in [1.82, 2.24) is 25.2 Å². The lowest BCUT2D eigenvalue weighted by Crippen LogP contribution is -2.60. The Kier molecular flexibility index (Phi) is 12.8. The third-order valence-corrected chi connectivity index (χ3v) is 16.8. The monoisotopic (exact) mass is 914 g/mol. The van der Waals surface area contributed by atoms with Crippen LogP contribution in [0.3, 0.4) is 0 Å². The van der Waals surface area contributed by atoms with Gasteiger partial charge in [-0.3, -0.25) is 28.7 Å². The minimum atomic E-state index is -4.45. The molecule has 4 saturated heterocycles. The number of alkyl halides is 1. The lowest BCUT2D eigenvalue weighted by Gasteiger charge is -2.47. The summed E-state index contributed by atoms with van der Waals surface area (Å²) >= 11 is 1.21. The maximum atomic E-state index is 16.6. The molecule has 6 heterocycles. The number of benzene rings is 2. The van der Waals surface area contributed by atoms with Gasteiger partial charge in [0, 0.05) is 67.0 Å². The van der Waals surface area contributed by atoms with Gasteiger partial charge in [-0.1, -0.05) is 31.2 Å². The summed E-state index contributed by atoms with van der Waals surface area (Å²) in [5, 5.41) is 6.19. The van der Waals surface area contributed by atoms with Crippen LogP contribution in [0.2, 0.25) is 0 Å². The van der Waals surface area contributed by atoms with E-state index in [1.807, 2.05) is 24.2 Å². The summed E-state index contributed by atoms with van der Waals surface area (Å²) in [5.74, 6) is -2.47. The lowest BCUT2D eigenvalue weighted by atomic mass is 9.88. The number of esters is 1. The Hall–Kier alpha value is -4.89. The molecule has 0 spiro atoms. The summed E-state index contributed by atoms with van der Waals surface area (Å²) in [7, 11) is -2.73. The van der Waals surface area contributed by atoms with Gasteiger partial charge in [0.1, 0.15) is 23.9 Å². The number of rotatable bonds is 16. The molecule has 2 aromatic heterocycles. The van der Waals surface area contributed by atoms with E-state index in [1.54, 1.807) is 54.5 Å². The zero-order chi connectivity index (χ0) is 44.7. The first kappa shape index (κ1) is 44.3. The summed E-state index contributed by atoms with van der Waals surface area (Å²) in [6, 6.07) is 14.3. The van der Waals surface area contributed by atoms with Gasteiger partial charge in [0.2, 0.25) is 17.7 Å². The molecule has 1 aliphatic carbocycles. The molecule has 0 radical (unpaired) electrons. The van der Waals surface area contributed by atoms with Crippen molar-refractivity contribution in [2.45, 2.75) is 101 Å². The van der Waals surface area contributed by atoms with Gasteiger partial charge >= 0.3 is 13.5 Å². The first-order valence-corrected chi connectivity index (χ1v) is 25.0. The van der Waals surface area contributed by atoms with Crippen molar-refractivity contribution in [3.8, 4) is 5.75 Å². The molecule has 1 unspecified atom stereocenters. The van der Waals surface area contributed by atoms with Crippen molar-refractivity contribution in [3.63, 3.8) is 0 Å². The molecule has 5 fully saturated rings. The van der Waals surface area contributed by atoms with Crippen LogP contribution in [0.25, 0.3) is 10.1 Å². The van der Waals surface area contributed by atoms with E-state index in [9.17, 15) is 23.7 Å². The summed E-state index contributed by atoms with van der Waals surface area (Å²) in [6.45, 7) is 6.19. The normalized spacial score (nSPS) is 26.0. The van der Waals surface area contributed by atoms with Crippen LogP contribution < -0.4 is 19.8 Å². The molecule has 4 aliphatic heterocycles. The van der Waals surface area contributed by atoms with Crippen LogP contribution in [0.15, 0.2) is 73.1 Å². The van der Waals surface area contributed by atoms with E-state index in [1.165, 1.54) is 30.4 Å². The highest BCUT2D eigenvalue weighted by atomic mass is 32.1. The Labute approximate surface area is 376 Å². The van der Waals surface area contributed by atoms with Crippen molar-refractivity contribution in [3.05, 3.63) is 89.1 Å². The number of ether oxygens (including phenoxy) is 2. The average molecular weight is 915 g/mol. The first-order chi connectivity index (χ1) is 30.9. The minimum Gasteiger partial charge on any atom is -0.465 e. The molecule has 64 heavy (non-hydrogen) atoms. The molecule has 340 valence electrons. The summed E-state index contributed by atoms with van der Waals surface area (Å²) in [6.07, 6.45) is 9.10. The molecule has 3 amide bonds.